The molecule has 0 aliphatic carbocycles. The fourth-order valence-corrected chi connectivity index (χ4v) is 2.94. The van der Waals surface area contributed by atoms with Gasteiger partial charge in [-0.25, -0.2) is 0 Å². The van der Waals surface area contributed by atoms with Gasteiger partial charge >= 0.3 is 0 Å². The van der Waals surface area contributed by atoms with Crippen molar-refractivity contribution in [2.24, 2.45) is 5.92 Å². The molecule has 2 amide bonds. The van der Waals surface area contributed by atoms with E-state index >= 15 is 0 Å². The van der Waals surface area contributed by atoms with Gasteiger partial charge in [-0.2, -0.15) is 0 Å². The number of para-hydroxylation sites is 1. The molecular formula is C24H31N3O3S. The molecule has 2 aromatic carbocycles. The number of carbonyl (C=O) groups excluding carboxylic acids is 2. The lowest BCUT2D eigenvalue weighted by Gasteiger charge is -2.14. The van der Waals surface area contributed by atoms with E-state index in [2.05, 4.69) is 36.7 Å². The predicted octanol–water partition coefficient (Wildman–Crippen LogP) is 4.77. The van der Waals surface area contributed by atoms with Gasteiger partial charge in [0.2, 0.25) is 0 Å². The molecule has 6 nitrogen and oxygen atoms in total. The van der Waals surface area contributed by atoms with Crippen molar-refractivity contribution < 1.29 is 14.3 Å². The fraction of sp³-hybridized carbons (Fsp3) is 0.375. The number of anilines is 1. The zero-order valence-electron chi connectivity index (χ0n) is 18.4. The molecule has 7 heteroatoms. The molecule has 0 saturated heterocycles. The maximum absolute atomic E-state index is 12.6. The predicted molar refractivity (Wildman–Crippen MR) is 129 cm³/mol. The first-order valence-electron chi connectivity index (χ1n) is 10.6. The van der Waals surface area contributed by atoms with E-state index in [4.69, 9.17) is 17.0 Å². The highest BCUT2D eigenvalue weighted by Gasteiger charge is 2.13. The summed E-state index contributed by atoms with van der Waals surface area (Å²) in [6.45, 7) is 7.54. The number of rotatable bonds is 10. The van der Waals surface area contributed by atoms with Crippen molar-refractivity contribution in [1.29, 1.82) is 0 Å². The molecule has 0 fully saturated rings. The Labute approximate surface area is 189 Å². The zero-order valence-corrected chi connectivity index (χ0v) is 19.2. The summed E-state index contributed by atoms with van der Waals surface area (Å²) < 4.78 is 5.72. The second-order valence-corrected chi connectivity index (χ2v) is 8.03. The number of ether oxygens (including phenoxy) is 1. The van der Waals surface area contributed by atoms with E-state index in [1.165, 1.54) is 0 Å². The molecule has 2 aromatic rings. The molecule has 0 bridgehead atoms. The normalized spacial score (nSPS) is 10.5. The smallest absolute Gasteiger partial charge is 0.257 e. The van der Waals surface area contributed by atoms with Crippen molar-refractivity contribution in [3.63, 3.8) is 0 Å². The lowest BCUT2D eigenvalue weighted by atomic mass is 10.1. The van der Waals surface area contributed by atoms with Crippen LogP contribution in [-0.4, -0.2) is 30.1 Å². The molecule has 0 atom stereocenters. The third kappa shape index (κ3) is 8.38. The molecule has 166 valence electrons. The molecule has 0 heterocycles. The third-order valence-corrected chi connectivity index (χ3v) is 4.73. The Hall–Kier alpha value is -2.93. The SMILES string of the molecule is CCCCNC(=O)c1ccccc1NC(=S)NC(=O)c1cccc(OCCC(C)C)c1. The average molecular weight is 442 g/mol. The number of carbonyl (C=O) groups is 2. The first kappa shape index (κ1) is 24.3. The lowest BCUT2D eigenvalue weighted by molar-refractivity contribution is 0.0952. The average Bonchev–Trinajstić information content (AvgIpc) is 2.74. The van der Waals surface area contributed by atoms with Crippen molar-refractivity contribution >= 4 is 34.8 Å². The van der Waals surface area contributed by atoms with Crippen molar-refractivity contribution in [3.8, 4) is 5.75 Å². The van der Waals surface area contributed by atoms with E-state index in [9.17, 15) is 9.59 Å². The van der Waals surface area contributed by atoms with Gasteiger partial charge in [-0.05, 0) is 61.3 Å². The van der Waals surface area contributed by atoms with Crippen LogP contribution in [0.5, 0.6) is 5.75 Å². The Kier molecular flexibility index (Phi) is 9.97. The number of unbranched alkanes of at least 4 members (excludes halogenated alkanes) is 1. The van der Waals surface area contributed by atoms with Crippen LogP contribution in [0.2, 0.25) is 0 Å². The molecule has 0 radical (unpaired) electrons. The van der Waals surface area contributed by atoms with Crippen molar-refractivity contribution in [3.05, 3.63) is 59.7 Å². The molecular weight excluding hydrogens is 410 g/mol. The molecule has 0 aromatic heterocycles. The first-order valence-corrected chi connectivity index (χ1v) is 11.0. The van der Waals surface area contributed by atoms with Crippen LogP contribution in [-0.2, 0) is 0 Å². The summed E-state index contributed by atoms with van der Waals surface area (Å²) in [5.74, 6) is 0.654. The summed E-state index contributed by atoms with van der Waals surface area (Å²) in [4.78, 5) is 25.0. The standard InChI is InChI=1S/C24H31N3O3S/c1-4-5-14-25-23(29)20-11-6-7-12-21(20)26-24(31)27-22(28)18-9-8-10-19(16-18)30-15-13-17(2)3/h6-12,16-17H,4-5,13-15H2,1-3H3,(H,25,29)(H2,26,27,28,31). The van der Waals surface area contributed by atoms with Crippen LogP contribution in [0.25, 0.3) is 0 Å². The lowest BCUT2D eigenvalue weighted by Crippen LogP contribution is -2.35. The Morgan fingerprint density at radius 2 is 1.84 bits per heavy atom. The van der Waals surface area contributed by atoms with Crippen LogP contribution >= 0.6 is 12.2 Å². The molecule has 0 saturated carbocycles. The highest BCUT2D eigenvalue weighted by atomic mass is 32.1. The van der Waals surface area contributed by atoms with Gasteiger partial charge in [0, 0.05) is 12.1 Å². The minimum absolute atomic E-state index is 0.116. The van der Waals surface area contributed by atoms with Crippen molar-refractivity contribution in [2.75, 3.05) is 18.5 Å². The van der Waals surface area contributed by atoms with Gasteiger partial charge in [0.15, 0.2) is 5.11 Å². The van der Waals surface area contributed by atoms with Gasteiger partial charge in [-0.3, -0.25) is 14.9 Å². The third-order valence-electron chi connectivity index (χ3n) is 4.52. The van der Waals surface area contributed by atoms with Crippen molar-refractivity contribution in [2.45, 2.75) is 40.0 Å². The minimum Gasteiger partial charge on any atom is -0.494 e. The molecule has 2 rings (SSSR count). The van der Waals surface area contributed by atoms with Crippen LogP contribution in [0.15, 0.2) is 48.5 Å². The van der Waals surface area contributed by atoms with E-state index in [-0.39, 0.29) is 16.9 Å². The monoisotopic (exact) mass is 441 g/mol. The number of nitrogens with one attached hydrogen (secondary N) is 3. The topological polar surface area (TPSA) is 79.5 Å². The highest BCUT2D eigenvalue weighted by molar-refractivity contribution is 7.80. The largest absolute Gasteiger partial charge is 0.494 e. The highest BCUT2D eigenvalue weighted by Crippen LogP contribution is 2.16. The van der Waals surface area contributed by atoms with Gasteiger partial charge in [-0.1, -0.05) is 45.4 Å². The molecule has 31 heavy (non-hydrogen) atoms. The van der Waals surface area contributed by atoms with Gasteiger partial charge in [0.25, 0.3) is 11.8 Å². The molecule has 3 N–H and O–H groups in total. The second kappa shape index (κ2) is 12.7. The van der Waals surface area contributed by atoms with E-state index in [1.807, 2.05) is 6.07 Å². The summed E-state index contributed by atoms with van der Waals surface area (Å²) in [6, 6.07) is 14.0. The summed E-state index contributed by atoms with van der Waals surface area (Å²) in [7, 11) is 0. The molecule has 0 aliphatic rings. The maximum atomic E-state index is 12.6. The quantitative estimate of drug-likeness (QED) is 0.366. The van der Waals surface area contributed by atoms with Crippen LogP contribution in [0.4, 0.5) is 5.69 Å². The number of hydrogen-bond donors (Lipinski definition) is 3. The van der Waals surface area contributed by atoms with Crippen LogP contribution in [0.3, 0.4) is 0 Å². The van der Waals surface area contributed by atoms with Crippen LogP contribution in [0.1, 0.15) is 60.7 Å². The minimum atomic E-state index is -0.350. The number of hydrogen-bond acceptors (Lipinski definition) is 4. The van der Waals surface area contributed by atoms with Gasteiger partial charge in [0.05, 0.1) is 17.9 Å². The number of amides is 2. The maximum Gasteiger partial charge on any atom is 0.257 e. The van der Waals surface area contributed by atoms with Crippen LogP contribution in [0, 0.1) is 5.92 Å². The first-order chi connectivity index (χ1) is 14.9. The van der Waals surface area contributed by atoms with Gasteiger partial charge < -0.3 is 15.4 Å². The Balaban J connectivity index is 1.97. The fourth-order valence-electron chi connectivity index (χ4n) is 2.73. The zero-order chi connectivity index (χ0) is 22.6. The Bertz CT molecular complexity index is 899. The Morgan fingerprint density at radius 1 is 1.06 bits per heavy atom. The van der Waals surface area contributed by atoms with E-state index in [1.54, 1.807) is 42.5 Å². The summed E-state index contributed by atoms with van der Waals surface area (Å²) in [5, 5.41) is 8.61. The van der Waals surface area contributed by atoms with Crippen molar-refractivity contribution in [1.82, 2.24) is 10.6 Å². The summed E-state index contributed by atoms with van der Waals surface area (Å²) in [6.07, 6.45) is 2.85. The summed E-state index contributed by atoms with van der Waals surface area (Å²) >= 11 is 5.29. The van der Waals surface area contributed by atoms with Gasteiger partial charge in [0.1, 0.15) is 5.75 Å². The van der Waals surface area contributed by atoms with E-state index in [0.717, 1.165) is 19.3 Å². The van der Waals surface area contributed by atoms with E-state index < -0.39 is 0 Å². The number of benzene rings is 2. The molecule has 0 unspecified atom stereocenters. The summed E-state index contributed by atoms with van der Waals surface area (Å²) in [5.41, 5.74) is 1.44. The van der Waals surface area contributed by atoms with Crippen LogP contribution < -0.4 is 20.7 Å². The second-order valence-electron chi connectivity index (χ2n) is 7.62. The van der Waals surface area contributed by atoms with E-state index in [0.29, 0.717) is 41.6 Å². The molecule has 0 spiro atoms. The Morgan fingerprint density at radius 3 is 2.58 bits per heavy atom. The molecule has 0 aliphatic heterocycles. The van der Waals surface area contributed by atoms with Gasteiger partial charge in [-0.15, -0.1) is 0 Å². The number of thiocarbonyl (C=S) groups is 1.